The normalized spacial score (nSPS) is 15.6. The Morgan fingerprint density at radius 3 is 2.83 bits per heavy atom. The zero-order chi connectivity index (χ0) is 20.6. The lowest BCUT2D eigenvalue weighted by Gasteiger charge is -2.15. The van der Waals surface area contributed by atoms with Crippen molar-refractivity contribution in [1.82, 2.24) is 4.98 Å². The van der Waals surface area contributed by atoms with Crippen LogP contribution >= 0.6 is 11.3 Å². The molecule has 6 nitrogen and oxygen atoms in total. The highest BCUT2D eigenvalue weighted by Gasteiger charge is 2.52. The van der Waals surface area contributed by atoms with E-state index >= 15 is 0 Å². The molecule has 0 bridgehead atoms. The minimum Gasteiger partial charge on any atom is -0.496 e. The Labute approximate surface area is 178 Å². The van der Waals surface area contributed by atoms with E-state index in [1.165, 1.54) is 16.9 Å². The van der Waals surface area contributed by atoms with E-state index < -0.39 is 5.41 Å². The molecule has 7 heteroatoms. The van der Waals surface area contributed by atoms with Gasteiger partial charge in [-0.05, 0) is 55.0 Å². The van der Waals surface area contributed by atoms with Gasteiger partial charge in [0.25, 0.3) is 0 Å². The third kappa shape index (κ3) is 3.50. The van der Waals surface area contributed by atoms with Crippen LogP contribution in [0.2, 0.25) is 0 Å². The van der Waals surface area contributed by atoms with Gasteiger partial charge in [0.15, 0.2) is 16.6 Å². The Morgan fingerprint density at radius 1 is 1.17 bits per heavy atom. The van der Waals surface area contributed by atoms with Crippen molar-refractivity contribution in [2.75, 3.05) is 19.2 Å². The zero-order valence-corrected chi connectivity index (χ0v) is 17.5. The van der Waals surface area contributed by atoms with E-state index in [9.17, 15) is 4.79 Å². The minimum absolute atomic E-state index is 0.00741. The third-order valence-electron chi connectivity index (χ3n) is 5.72. The van der Waals surface area contributed by atoms with Crippen molar-refractivity contribution in [3.05, 3.63) is 64.7 Å². The molecule has 2 aromatic carbocycles. The number of ether oxygens (including phenoxy) is 3. The number of methoxy groups -OCH3 is 1. The quantitative estimate of drug-likeness (QED) is 0.614. The Hall–Kier alpha value is -3.06. The van der Waals surface area contributed by atoms with E-state index in [-0.39, 0.29) is 12.7 Å². The number of amides is 1. The first-order valence-electron chi connectivity index (χ1n) is 9.96. The van der Waals surface area contributed by atoms with E-state index in [1.807, 2.05) is 42.6 Å². The van der Waals surface area contributed by atoms with E-state index in [4.69, 9.17) is 14.2 Å². The fourth-order valence-corrected chi connectivity index (χ4v) is 4.64. The highest BCUT2D eigenvalue weighted by molar-refractivity contribution is 7.15. The summed E-state index contributed by atoms with van der Waals surface area (Å²) in [4.78, 5) is 18.6. The number of carbonyl (C=O) groups excluding carboxylic acids is 1. The fraction of sp³-hybridized carbons (Fsp3) is 0.304. The van der Waals surface area contributed by atoms with Crippen molar-refractivity contribution < 1.29 is 19.0 Å². The van der Waals surface area contributed by atoms with Gasteiger partial charge >= 0.3 is 0 Å². The Balaban J connectivity index is 1.24. The Bertz CT molecular complexity index is 1090. The van der Waals surface area contributed by atoms with Crippen LogP contribution in [-0.2, 0) is 23.1 Å². The number of nitrogens with one attached hydrogen (secondary N) is 1. The predicted octanol–water partition coefficient (Wildman–Crippen LogP) is 4.34. The van der Waals surface area contributed by atoms with Gasteiger partial charge in [0.1, 0.15) is 5.75 Å². The van der Waals surface area contributed by atoms with Crippen LogP contribution in [0, 0.1) is 0 Å². The molecule has 3 aromatic rings. The number of aromatic nitrogens is 1. The Morgan fingerprint density at radius 2 is 2.00 bits per heavy atom. The summed E-state index contributed by atoms with van der Waals surface area (Å²) in [6.07, 6.45) is 5.20. The largest absolute Gasteiger partial charge is 0.496 e. The summed E-state index contributed by atoms with van der Waals surface area (Å²) in [6, 6.07) is 13.8. The molecule has 1 N–H and O–H groups in total. The summed E-state index contributed by atoms with van der Waals surface area (Å²) in [5.41, 5.74) is 1.64. The number of hydrogen-bond donors (Lipinski definition) is 1. The van der Waals surface area contributed by atoms with Crippen LogP contribution in [0.1, 0.15) is 28.8 Å². The molecule has 1 fully saturated rings. The number of fused-ring (bicyclic) bond motifs is 1. The van der Waals surface area contributed by atoms with Gasteiger partial charge in [-0.2, -0.15) is 0 Å². The van der Waals surface area contributed by atoms with Gasteiger partial charge in [-0.25, -0.2) is 4.98 Å². The molecule has 0 unspecified atom stereocenters. The lowest BCUT2D eigenvalue weighted by atomic mass is 9.94. The highest BCUT2D eigenvalue weighted by Crippen LogP contribution is 2.51. The van der Waals surface area contributed by atoms with Crippen molar-refractivity contribution >= 4 is 22.4 Å². The number of aryl methyl sites for hydroxylation is 2. The number of thiazole rings is 1. The van der Waals surface area contributed by atoms with E-state index in [0.29, 0.717) is 10.9 Å². The van der Waals surface area contributed by atoms with Gasteiger partial charge in [-0.3, -0.25) is 4.79 Å². The summed E-state index contributed by atoms with van der Waals surface area (Å²) in [5.74, 6) is 2.33. The molecule has 2 aliphatic rings. The molecule has 0 saturated heterocycles. The molecule has 0 radical (unpaired) electrons. The lowest BCUT2D eigenvalue weighted by Crippen LogP contribution is -2.27. The second-order valence-electron chi connectivity index (χ2n) is 7.55. The third-order valence-corrected chi connectivity index (χ3v) is 6.69. The van der Waals surface area contributed by atoms with Crippen molar-refractivity contribution in [3.8, 4) is 17.2 Å². The standard InChI is InChI=1S/C23H22N2O4S/c1-27-18-5-3-2-4-15(18)6-8-17-13-24-22(30-17)25-21(26)23(10-11-23)16-7-9-19-20(12-16)29-14-28-19/h2-5,7,9,12-13H,6,8,10-11,14H2,1H3,(H,24,25,26). The van der Waals surface area contributed by atoms with Crippen LogP contribution in [0.15, 0.2) is 48.7 Å². The summed E-state index contributed by atoms with van der Waals surface area (Å²) >= 11 is 1.52. The summed E-state index contributed by atoms with van der Waals surface area (Å²) in [5, 5.41) is 3.66. The second kappa shape index (κ2) is 7.65. The van der Waals surface area contributed by atoms with Gasteiger partial charge < -0.3 is 19.5 Å². The van der Waals surface area contributed by atoms with Gasteiger partial charge in [0.05, 0.1) is 12.5 Å². The molecule has 1 aromatic heterocycles. The monoisotopic (exact) mass is 422 g/mol. The molecular weight excluding hydrogens is 400 g/mol. The number of benzene rings is 2. The number of hydrogen-bond acceptors (Lipinski definition) is 6. The number of nitrogens with zero attached hydrogens (tertiary/aromatic N) is 1. The molecule has 5 rings (SSSR count). The predicted molar refractivity (Wildman–Crippen MR) is 115 cm³/mol. The van der Waals surface area contributed by atoms with E-state index in [0.717, 1.165) is 47.6 Å². The van der Waals surface area contributed by atoms with Crippen LogP contribution < -0.4 is 19.5 Å². The van der Waals surface area contributed by atoms with Crippen molar-refractivity contribution in [2.24, 2.45) is 0 Å². The smallest absolute Gasteiger partial charge is 0.236 e. The highest BCUT2D eigenvalue weighted by atomic mass is 32.1. The zero-order valence-electron chi connectivity index (χ0n) is 16.6. The molecule has 0 spiro atoms. The molecule has 1 aliphatic carbocycles. The molecule has 1 aliphatic heterocycles. The second-order valence-corrected chi connectivity index (χ2v) is 8.66. The first kappa shape index (κ1) is 18.9. The maximum Gasteiger partial charge on any atom is 0.236 e. The average molecular weight is 423 g/mol. The Kier molecular flexibility index (Phi) is 4.83. The number of anilines is 1. The first-order valence-corrected chi connectivity index (χ1v) is 10.8. The topological polar surface area (TPSA) is 69.7 Å². The molecule has 154 valence electrons. The van der Waals surface area contributed by atoms with E-state index in [2.05, 4.69) is 16.4 Å². The number of carbonyl (C=O) groups is 1. The summed E-state index contributed by atoms with van der Waals surface area (Å²) in [7, 11) is 1.69. The minimum atomic E-state index is -0.496. The SMILES string of the molecule is COc1ccccc1CCc1cnc(NC(=O)C2(c3ccc4c(c3)OCO4)CC2)s1. The van der Waals surface area contributed by atoms with Gasteiger partial charge in [-0.1, -0.05) is 24.3 Å². The number of para-hydroxylation sites is 1. The van der Waals surface area contributed by atoms with Crippen molar-refractivity contribution in [1.29, 1.82) is 0 Å². The molecular formula is C23H22N2O4S. The maximum atomic E-state index is 13.0. The van der Waals surface area contributed by atoms with Crippen molar-refractivity contribution in [2.45, 2.75) is 31.1 Å². The molecule has 2 heterocycles. The van der Waals surface area contributed by atoms with Gasteiger partial charge in [-0.15, -0.1) is 11.3 Å². The molecule has 1 amide bonds. The molecule has 0 atom stereocenters. The van der Waals surface area contributed by atoms with Crippen molar-refractivity contribution in [3.63, 3.8) is 0 Å². The van der Waals surface area contributed by atoms with Crippen LogP contribution in [0.4, 0.5) is 5.13 Å². The number of rotatable bonds is 7. The average Bonchev–Trinajstić information content (AvgIpc) is 3.24. The van der Waals surface area contributed by atoms with E-state index in [1.54, 1.807) is 7.11 Å². The van der Waals surface area contributed by atoms with Gasteiger partial charge in [0.2, 0.25) is 12.7 Å². The maximum absolute atomic E-state index is 13.0. The lowest BCUT2D eigenvalue weighted by molar-refractivity contribution is -0.118. The fourth-order valence-electron chi connectivity index (χ4n) is 3.83. The van der Waals surface area contributed by atoms with Gasteiger partial charge in [0, 0.05) is 11.1 Å². The molecule has 30 heavy (non-hydrogen) atoms. The first-order chi connectivity index (χ1) is 14.7. The molecule has 1 saturated carbocycles. The van der Waals surface area contributed by atoms with Crippen LogP contribution in [0.25, 0.3) is 0 Å². The summed E-state index contributed by atoms with van der Waals surface area (Å²) < 4.78 is 16.3. The van der Waals surface area contributed by atoms with Crippen LogP contribution in [0.5, 0.6) is 17.2 Å². The summed E-state index contributed by atoms with van der Waals surface area (Å²) in [6.45, 7) is 0.231. The van der Waals surface area contributed by atoms with Crippen LogP contribution in [-0.4, -0.2) is 24.8 Å². The van der Waals surface area contributed by atoms with Crippen LogP contribution in [0.3, 0.4) is 0 Å².